The maximum atomic E-state index is 13.5. The van der Waals surface area contributed by atoms with Crippen LogP contribution in [0.25, 0.3) is 12.2 Å². The van der Waals surface area contributed by atoms with Crippen LogP contribution in [0.4, 0.5) is 0 Å². The normalized spacial score (nSPS) is 17.9. The number of hydrogen-bond acceptors (Lipinski definition) is 5. The third-order valence-corrected chi connectivity index (χ3v) is 7.78. The molecule has 1 saturated heterocycles. The van der Waals surface area contributed by atoms with Gasteiger partial charge in [-0.15, -0.1) is 0 Å². The van der Waals surface area contributed by atoms with Gasteiger partial charge < -0.3 is 9.84 Å². The molecule has 3 rings (SSSR count). The first-order valence-corrected chi connectivity index (χ1v) is 12.5. The van der Waals surface area contributed by atoms with Gasteiger partial charge in [0.1, 0.15) is 5.69 Å². The molecule has 7 nitrogen and oxygen atoms in total. The molecule has 1 aromatic carbocycles. The number of carbonyl (C=O) groups excluding carboxylic acids is 1. The highest BCUT2D eigenvalue weighted by Gasteiger charge is 2.37. The number of amides is 1. The summed E-state index contributed by atoms with van der Waals surface area (Å²) in [7, 11) is -3.86. The Labute approximate surface area is 190 Å². The van der Waals surface area contributed by atoms with Crippen LogP contribution in [0.1, 0.15) is 60.4 Å². The Hall–Kier alpha value is -2.45. The lowest BCUT2D eigenvalue weighted by atomic mass is 9.98. The molecule has 1 aromatic heterocycles. The first-order valence-electron chi connectivity index (χ1n) is 11.0. The fourth-order valence-electron chi connectivity index (χ4n) is 4.32. The van der Waals surface area contributed by atoms with Crippen LogP contribution in [0, 0.1) is 33.6 Å². The Morgan fingerprint density at radius 3 is 2.47 bits per heavy atom. The molecule has 0 spiro atoms. The van der Waals surface area contributed by atoms with Crippen molar-refractivity contribution in [1.82, 2.24) is 14.8 Å². The molecular weight excluding hydrogens is 426 g/mol. The Balaban J connectivity index is 1.90. The SMILES string of the molecule is Cc1cc(C)c(/C=C/c2onc(C)c2S(=O)(=O)N2CCC[C@@H](C(=O)NC(C)C)C2)c(C)c1. The lowest BCUT2D eigenvalue weighted by molar-refractivity contribution is -0.126. The number of nitrogens with one attached hydrogen (secondary N) is 1. The third-order valence-electron chi connectivity index (χ3n) is 5.76. The summed E-state index contributed by atoms with van der Waals surface area (Å²) in [6.07, 6.45) is 4.85. The summed E-state index contributed by atoms with van der Waals surface area (Å²) < 4.78 is 33.9. The highest BCUT2D eigenvalue weighted by molar-refractivity contribution is 7.89. The van der Waals surface area contributed by atoms with Crippen LogP contribution >= 0.6 is 0 Å². The van der Waals surface area contributed by atoms with E-state index >= 15 is 0 Å². The van der Waals surface area contributed by atoms with Gasteiger partial charge in [-0.3, -0.25) is 4.79 Å². The number of piperidine rings is 1. The van der Waals surface area contributed by atoms with Crippen LogP contribution < -0.4 is 5.32 Å². The smallest absolute Gasteiger partial charge is 0.248 e. The number of aromatic nitrogens is 1. The van der Waals surface area contributed by atoms with Crippen LogP contribution in [-0.2, 0) is 14.8 Å². The van der Waals surface area contributed by atoms with Crippen LogP contribution in [0.2, 0.25) is 0 Å². The zero-order valence-electron chi connectivity index (χ0n) is 19.7. The minimum Gasteiger partial charge on any atom is -0.355 e. The van der Waals surface area contributed by atoms with Gasteiger partial charge in [0, 0.05) is 19.1 Å². The average Bonchev–Trinajstić information content (AvgIpc) is 3.08. The fraction of sp³-hybridized carbons (Fsp3) is 0.500. The molecule has 1 fully saturated rings. The molecule has 2 heterocycles. The second kappa shape index (κ2) is 9.58. The van der Waals surface area contributed by atoms with E-state index in [1.54, 1.807) is 13.0 Å². The molecule has 1 amide bonds. The minimum atomic E-state index is -3.86. The number of carbonyl (C=O) groups is 1. The van der Waals surface area contributed by atoms with E-state index in [0.29, 0.717) is 25.1 Å². The summed E-state index contributed by atoms with van der Waals surface area (Å²) in [6.45, 7) is 12.0. The molecule has 8 heteroatoms. The van der Waals surface area contributed by atoms with E-state index in [1.807, 2.05) is 40.7 Å². The Morgan fingerprint density at radius 2 is 1.84 bits per heavy atom. The lowest BCUT2D eigenvalue weighted by Gasteiger charge is -2.31. The summed E-state index contributed by atoms with van der Waals surface area (Å²) >= 11 is 0. The summed E-state index contributed by atoms with van der Waals surface area (Å²) in [6, 6.07) is 4.19. The monoisotopic (exact) mass is 459 g/mol. The molecule has 1 aliphatic heterocycles. The second-order valence-electron chi connectivity index (χ2n) is 8.97. The van der Waals surface area contributed by atoms with Crippen molar-refractivity contribution in [2.75, 3.05) is 13.1 Å². The first-order chi connectivity index (χ1) is 15.0. The van der Waals surface area contributed by atoms with Gasteiger partial charge in [0.05, 0.1) is 5.92 Å². The summed E-state index contributed by atoms with van der Waals surface area (Å²) in [4.78, 5) is 12.5. The van der Waals surface area contributed by atoms with Crippen LogP contribution in [0.5, 0.6) is 0 Å². The average molecular weight is 460 g/mol. The predicted octanol–water partition coefficient (Wildman–Crippen LogP) is 4.00. The number of rotatable bonds is 6. The highest BCUT2D eigenvalue weighted by atomic mass is 32.2. The lowest BCUT2D eigenvalue weighted by Crippen LogP contribution is -2.46. The third kappa shape index (κ3) is 5.13. The van der Waals surface area contributed by atoms with Crippen LogP contribution in [-0.4, -0.2) is 42.9 Å². The zero-order chi connectivity index (χ0) is 23.6. The zero-order valence-corrected chi connectivity index (χ0v) is 20.5. The van der Waals surface area contributed by atoms with E-state index in [1.165, 1.54) is 9.87 Å². The van der Waals surface area contributed by atoms with E-state index < -0.39 is 10.0 Å². The van der Waals surface area contributed by atoms with Crippen molar-refractivity contribution < 1.29 is 17.7 Å². The molecule has 32 heavy (non-hydrogen) atoms. The van der Waals surface area contributed by atoms with Crippen molar-refractivity contribution >= 4 is 28.1 Å². The number of hydrogen-bond donors (Lipinski definition) is 1. The molecule has 1 aliphatic rings. The van der Waals surface area contributed by atoms with Crippen LogP contribution in [0.3, 0.4) is 0 Å². The second-order valence-corrected chi connectivity index (χ2v) is 10.8. The number of sulfonamides is 1. The van der Waals surface area contributed by atoms with E-state index in [9.17, 15) is 13.2 Å². The quantitative estimate of drug-likeness (QED) is 0.705. The minimum absolute atomic E-state index is 0.0141. The van der Waals surface area contributed by atoms with Gasteiger partial charge in [0.25, 0.3) is 0 Å². The first kappa shape index (κ1) is 24.2. The van der Waals surface area contributed by atoms with E-state index in [-0.39, 0.29) is 35.1 Å². The molecule has 1 atom stereocenters. The van der Waals surface area contributed by atoms with Crippen molar-refractivity contribution in [1.29, 1.82) is 0 Å². The Kier molecular flexibility index (Phi) is 7.25. The van der Waals surface area contributed by atoms with Crippen molar-refractivity contribution in [2.24, 2.45) is 5.92 Å². The summed E-state index contributed by atoms with van der Waals surface area (Å²) in [5, 5.41) is 6.82. The van der Waals surface area contributed by atoms with Gasteiger partial charge in [0.15, 0.2) is 10.7 Å². The van der Waals surface area contributed by atoms with E-state index in [4.69, 9.17) is 4.52 Å². The van der Waals surface area contributed by atoms with Gasteiger partial charge in [-0.2, -0.15) is 4.31 Å². The molecule has 1 N–H and O–H groups in total. The molecule has 174 valence electrons. The molecule has 0 bridgehead atoms. The Bertz CT molecular complexity index is 1110. The standard InChI is InChI=1S/C24H33N3O4S/c1-15(2)25-24(28)20-8-7-11-27(14-20)32(29,30)23-19(6)26-31-22(23)10-9-21-17(4)12-16(3)13-18(21)5/h9-10,12-13,15,20H,7-8,11,14H2,1-6H3,(H,25,28)/b10-9+/t20-/m1/s1. The van der Waals surface area contributed by atoms with Crippen molar-refractivity contribution in [3.05, 3.63) is 45.8 Å². The summed E-state index contributed by atoms with van der Waals surface area (Å²) in [5.74, 6) is -0.263. The number of benzene rings is 1. The van der Waals surface area contributed by atoms with Crippen molar-refractivity contribution in [3.63, 3.8) is 0 Å². The number of aryl methyl sites for hydroxylation is 4. The van der Waals surface area contributed by atoms with Crippen molar-refractivity contribution in [3.8, 4) is 0 Å². The van der Waals surface area contributed by atoms with Gasteiger partial charge in [-0.25, -0.2) is 8.42 Å². The molecule has 0 radical (unpaired) electrons. The van der Waals surface area contributed by atoms with E-state index in [0.717, 1.165) is 16.7 Å². The van der Waals surface area contributed by atoms with E-state index in [2.05, 4.69) is 22.6 Å². The highest BCUT2D eigenvalue weighted by Crippen LogP contribution is 2.30. The Morgan fingerprint density at radius 1 is 1.19 bits per heavy atom. The van der Waals surface area contributed by atoms with Crippen molar-refractivity contribution in [2.45, 2.75) is 65.3 Å². The topological polar surface area (TPSA) is 92.5 Å². The van der Waals surface area contributed by atoms with Gasteiger partial charge >= 0.3 is 0 Å². The molecule has 2 aromatic rings. The van der Waals surface area contributed by atoms with Gasteiger partial charge in [-0.05, 0) is 77.2 Å². The predicted molar refractivity (Wildman–Crippen MR) is 126 cm³/mol. The largest absolute Gasteiger partial charge is 0.355 e. The van der Waals surface area contributed by atoms with Gasteiger partial charge in [0.2, 0.25) is 15.9 Å². The number of nitrogens with zero attached hydrogens (tertiary/aromatic N) is 2. The van der Waals surface area contributed by atoms with Crippen LogP contribution in [0.15, 0.2) is 21.6 Å². The molecule has 0 aliphatic carbocycles. The molecule has 0 saturated carbocycles. The molecular formula is C24H33N3O4S. The fourth-order valence-corrected chi connectivity index (χ4v) is 6.09. The maximum Gasteiger partial charge on any atom is 0.248 e. The van der Waals surface area contributed by atoms with Gasteiger partial charge in [-0.1, -0.05) is 28.9 Å². The maximum absolute atomic E-state index is 13.5. The molecule has 0 unspecified atom stereocenters. The summed E-state index contributed by atoms with van der Waals surface area (Å²) in [5.41, 5.74) is 4.73.